The van der Waals surface area contributed by atoms with Crippen LogP contribution in [0.4, 0.5) is 19.3 Å². The van der Waals surface area contributed by atoms with E-state index in [0.717, 1.165) is 17.0 Å². The molecule has 1 fully saturated rings. The Labute approximate surface area is 138 Å². The number of hydrogen-bond acceptors (Lipinski definition) is 3. The summed E-state index contributed by atoms with van der Waals surface area (Å²) in [6.45, 7) is 4.90. The molecule has 2 rings (SSSR count). The largest absolute Gasteiger partial charge is 0.325 e. The molecule has 24 heavy (non-hydrogen) atoms. The average Bonchev–Trinajstić information content (AvgIpc) is 2.60. The Balaban J connectivity index is 2.06. The summed E-state index contributed by atoms with van der Waals surface area (Å²) in [5.41, 5.74) is -1.15. The maximum Gasteiger partial charge on any atom is 0.325 e. The van der Waals surface area contributed by atoms with Gasteiger partial charge < -0.3 is 10.6 Å². The van der Waals surface area contributed by atoms with Gasteiger partial charge in [-0.3, -0.25) is 14.5 Å². The number of urea groups is 1. The summed E-state index contributed by atoms with van der Waals surface area (Å²) in [5, 5.41) is 4.85. The van der Waals surface area contributed by atoms with Crippen LogP contribution in [0.15, 0.2) is 18.2 Å². The van der Waals surface area contributed by atoms with Gasteiger partial charge in [0.15, 0.2) is 0 Å². The van der Waals surface area contributed by atoms with Crippen molar-refractivity contribution in [3.63, 3.8) is 0 Å². The molecule has 1 atom stereocenters. The predicted octanol–water partition coefficient (Wildman–Crippen LogP) is 2.26. The predicted molar refractivity (Wildman–Crippen MR) is 83.1 cm³/mol. The number of rotatable bonds is 5. The van der Waals surface area contributed by atoms with E-state index in [-0.39, 0.29) is 11.6 Å². The zero-order valence-electron chi connectivity index (χ0n) is 13.7. The van der Waals surface area contributed by atoms with E-state index in [1.807, 2.05) is 13.8 Å². The third-order valence-electron chi connectivity index (χ3n) is 3.61. The van der Waals surface area contributed by atoms with Gasteiger partial charge in [0, 0.05) is 11.8 Å². The summed E-state index contributed by atoms with van der Waals surface area (Å²) in [4.78, 5) is 37.2. The van der Waals surface area contributed by atoms with Gasteiger partial charge in [0.05, 0.1) is 0 Å². The Morgan fingerprint density at radius 3 is 2.38 bits per heavy atom. The number of hydrogen-bond donors (Lipinski definition) is 2. The summed E-state index contributed by atoms with van der Waals surface area (Å²) < 4.78 is 26.2. The van der Waals surface area contributed by atoms with Crippen molar-refractivity contribution in [2.24, 2.45) is 5.92 Å². The van der Waals surface area contributed by atoms with E-state index >= 15 is 0 Å². The van der Waals surface area contributed by atoms with Gasteiger partial charge in [0.2, 0.25) is 5.91 Å². The molecule has 1 saturated heterocycles. The fourth-order valence-electron chi connectivity index (χ4n) is 2.82. The normalized spacial score (nSPS) is 20.5. The lowest BCUT2D eigenvalue weighted by Crippen LogP contribution is -2.45. The SMILES string of the molecule is CC(C)CC1(C)NC(=O)N(CC(=O)Nc2cc(F)cc(F)c2)C1=O. The molecular weight excluding hydrogens is 320 g/mol. The van der Waals surface area contributed by atoms with Crippen molar-refractivity contribution in [1.29, 1.82) is 0 Å². The number of nitrogens with zero attached hydrogens (tertiary/aromatic N) is 1. The van der Waals surface area contributed by atoms with Gasteiger partial charge in [0.25, 0.3) is 5.91 Å². The van der Waals surface area contributed by atoms with Gasteiger partial charge in [-0.1, -0.05) is 13.8 Å². The minimum Gasteiger partial charge on any atom is -0.324 e. The maximum absolute atomic E-state index is 13.1. The monoisotopic (exact) mass is 339 g/mol. The molecule has 0 aromatic heterocycles. The first kappa shape index (κ1) is 17.8. The highest BCUT2D eigenvalue weighted by atomic mass is 19.1. The van der Waals surface area contributed by atoms with Crippen molar-refractivity contribution >= 4 is 23.5 Å². The first-order valence-electron chi connectivity index (χ1n) is 7.51. The number of imide groups is 1. The van der Waals surface area contributed by atoms with E-state index in [1.54, 1.807) is 6.92 Å². The van der Waals surface area contributed by atoms with Crippen molar-refractivity contribution in [1.82, 2.24) is 10.2 Å². The minimum atomic E-state index is -1.06. The standard InChI is InChI=1S/C16H19F2N3O3/c1-9(2)7-16(3)14(23)21(15(24)20-16)8-13(22)19-12-5-10(17)4-11(18)6-12/h4-6,9H,7-8H2,1-3H3,(H,19,22)(H,20,24). The van der Waals surface area contributed by atoms with Crippen LogP contribution >= 0.6 is 0 Å². The summed E-state index contributed by atoms with van der Waals surface area (Å²) in [6.07, 6.45) is 0.435. The zero-order chi connectivity index (χ0) is 18.1. The topological polar surface area (TPSA) is 78.5 Å². The first-order chi connectivity index (χ1) is 11.1. The van der Waals surface area contributed by atoms with Crippen LogP contribution in [0.3, 0.4) is 0 Å². The van der Waals surface area contributed by atoms with Crippen LogP contribution in [0.2, 0.25) is 0 Å². The van der Waals surface area contributed by atoms with Crippen molar-refractivity contribution < 1.29 is 23.2 Å². The number of halogens is 2. The molecule has 1 unspecified atom stereocenters. The smallest absolute Gasteiger partial charge is 0.324 e. The summed E-state index contributed by atoms with van der Waals surface area (Å²) >= 11 is 0. The van der Waals surface area contributed by atoms with Crippen molar-refractivity contribution in [3.8, 4) is 0 Å². The molecule has 0 bridgehead atoms. The van der Waals surface area contributed by atoms with E-state index in [0.29, 0.717) is 12.5 Å². The highest BCUT2D eigenvalue weighted by Gasteiger charge is 2.48. The van der Waals surface area contributed by atoms with Crippen LogP contribution in [0, 0.1) is 17.6 Å². The Hall–Kier alpha value is -2.51. The fraction of sp³-hybridized carbons (Fsp3) is 0.438. The number of carbonyl (C=O) groups excluding carboxylic acids is 3. The molecule has 0 aliphatic carbocycles. The number of carbonyl (C=O) groups is 3. The van der Waals surface area contributed by atoms with Crippen molar-refractivity contribution in [2.75, 3.05) is 11.9 Å². The van der Waals surface area contributed by atoms with E-state index in [9.17, 15) is 23.2 Å². The molecule has 1 aliphatic rings. The molecule has 130 valence electrons. The lowest BCUT2D eigenvalue weighted by molar-refractivity contribution is -0.133. The quantitative estimate of drug-likeness (QED) is 0.808. The molecule has 0 saturated carbocycles. The minimum absolute atomic E-state index is 0.0884. The summed E-state index contributed by atoms with van der Waals surface area (Å²) in [6, 6.07) is 1.89. The third kappa shape index (κ3) is 3.87. The third-order valence-corrected chi connectivity index (χ3v) is 3.61. The van der Waals surface area contributed by atoms with Crippen molar-refractivity contribution in [2.45, 2.75) is 32.7 Å². The summed E-state index contributed by atoms with van der Waals surface area (Å²) in [7, 11) is 0. The maximum atomic E-state index is 13.1. The summed E-state index contributed by atoms with van der Waals surface area (Å²) in [5.74, 6) is -2.74. The molecule has 6 nitrogen and oxygen atoms in total. The number of amides is 4. The fourth-order valence-corrected chi connectivity index (χ4v) is 2.82. The van der Waals surface area contributed by atoms with Gasteiger partial charge in [-0.2, -0.15) is 0 Å². The Morgan fingerprint density at radius 2 is 1.83 bits per heavy atom. The second-order valence-electron chi connectivity index (χ2n) is 6.46. The van der Waals surface area contributed by atoms with E-state index < -0.39 is 41.6 Å². The number of nitrogens with one attached hydrogen (secondary N) is 2. The highest BCUT2D eigenvalue weighted by molar-refractivity contribution is 6.09. The Bertz CT molecular complexity index is 673. The molecule has 1 aliphatic heterocycles. The number of benzene rings is 1. The average molecular weight is 339 g/mol. The van der Waals surface area contributed by atoms with Crippen LogP contribution in [0.5, 0.6) is 0 Å². The molecule has 2 N–H and O–H groups in total. The van der Waals surface area contributed by atoms with Crippen LogP contribution in [-0.2, 0) is 9.59 Å². The highest BCUT2D eigenvalue weighted by Crippen LogP contribution is 2.25. The molecule has 1 heterocycles. The number of anilines is 1. The van der Waals surface area contributed by atoms with E-state index in [1.165, 1.54) is 0 Å². The Morgan fingerprint density at radius 1 is 1.25 bits per heavy atom. The van der Waals surface area contributed by atoms with Crippen LogP contribution in [0.1, 0.15) is 27.2 Å². The Kier molecular flexibility index (Phi) is 4.86. The van der Waals surface area contributed by atoms with Crippen molar-refractivity contribution in [3.05, 3.63) is 29.8 Å². The van der Waals surface area contributed by atoms with E-state index in [4.69, 9.17) is 0 Å². The lowest BCUT2D eigenvalue weighted by Gasteiger charge is -2.23. The first-order valence-corrected chi connectivity index (χ1v) is 7.51. The molecule has 1 aromatic carbocycles. The van der Waals surface area contributed by atoms with Gasteiger partial charge >= 0.3 is 6.03 Å². The second-order valence-corrected chi connectivity index (χ2v) is 6.46. The molecule has 1 aromatic rings. The van der Waals surface area contributed by atoms with Crippen LogP contribution in [-0.4, -0.2) is 34.8 Å². The van der Waals surface area contributed by atoms with Crippen LogP contribution < -0.4 is 10.6 Å². The molecule has 4 amide bonds. The van der Waals surface area contributed by atoms with Crippen LogP contribution in [0.25, 0.3) is 0 Å². The molecular formula is C16H19F2N3O3. The second kappa shape index (κ2) is 6.54. The molecule has 0 radical (unpaired) electrons. The van der Waals surface area contributed by atoms with Gasteiger partial charge in [-0.05, 0) is 31.4 Å². The van der Waals surface area contributed by atoms with E-state index in [2.05, 4.69) is 10.6 Å². The zero-order valence-corrected chi connectivity index (χ0v) is 13.7. The lowest BCUT2D eigenvalue weighted by atomic mass is 9.91. The van der Waals surface area contributed by atoms with Gasteiger partial charge in [0.1, 0.15) is 23.7 Å². The molecule has 0 spiro atoms. The van der Waals surface area contributed by atoms with Gasteiger partial charge in [-0.25, -0.2) is 13.6 Å². The van der Waals surface area contributed by atoms with Gasteiger partial charge in [-0.15, -0.1) is 0 Å². The molecule has 8 heteroatoms.